The number of hydrogen-bond acceptors (Lipinski definition) is 5. The molecule has 2 rings (SSSR count). The zero-order chi connectivity index (χ0) is 18.6. The number of carbonyl (C=O) groups is 3. The van der Waals surface area contributed by atoms with Crippen LogP contribution in [0.1, 0.15) is 32.8 Å². The standard InChI is InChI=1S/C18H24N2O5/c1-18(2,3)25-17(23)19-14-7-5-6-12(8-14)10-20-11-13(9-15(20)21)16(22)24-4/h5-8,13H,9-11H2,1-4H3,(H,19,23). The van der Waals surface area contributed by atoms with Gasteiger partial charge in [-0.25, -0.2) is 4.79 Å². The van der Waals surface area contributed by atoms with E-state index in [0.29, 0.717) is 18.8 Å². The SMILES string of the molecule is COC(=O)C1CC(=O)N(Cc2cccc(NC(=O)OC(C)(C)C)c2)C1. The average molecular weight is 348 g/mol. The minimum Gasteiger partial charge on any atom is -0.469 e. The first-order valence-corrected chi connectivity index (χ1v) is 8.12. The number of likely N-dealkylation sites (tertiary alicyclic amines) is 1. The van der Waals surface area contributed by atoms with Crippen molar-refractivity contribution in [3.63, 3.8) is 0 Å². The zero-order valence-electron chi connectivity index (χ0n) is 15.0. The van der Waals surface area contributed by atoms with E-state index in [1.807, 2.05) is 6.07 Å². The highest BCUT2D eigenvalue weighted by Crippen LogP contribution is 2.22. The summed E-state index contributed by atoms with van der Waals surface area (Å²) in [4.78, 5) is 37.1. The Labute approximate surface area is 147 Å². The van der Waals surface area contributed by atoms with Gasteiger partial charge in [0.2, 0.25) is 5.91 Å². The predicted molar refractivity (Wildman–Crippen MR) is 91.8 cm³/mol. The molecule has 7 heteroatoms. The van der Waals surface area contributed by atoms with Gasteiger partial charge in [0.05, 0.1) is 13.0 Å². The van der Waals surface area contributed by atoms with E-state index >= 15 is 0 Å². The topological polar surface area (TPSA) is 84.9 Å². The minimum absolute atomic E-state index is 0.0825. The molecule has 0 spiro atoms. The van der Waals surface area contributed by atoms with Gasteiger partial charge in [-0.1, -0.05) is 12.1 Å². The van der Waals surface area contributed by atoms with Gasteiger partial charge in [0.15, 0.2) is 0 Å². The molecule has 0 aliphatic carbocycles. The van der Waals surface area contributed by atoms with Crippen LogP contribution in [0.3, 0.4) is 0 Å². The van der Waals surface area contributed by atoms with Gasteiger partial charge in [-0.2, -0.15) is 0 Å². The summed E-state index contributed by atoms with van der Waals surface area (Å²) in [5, 5.41) is 2.67. The summed E-state index contributed by atoms with van der Waals surface area (Å²) in [5.74, 6) is -0.863. The van der Waals surface area contributed by atoms with Crippen LogP contribution in [0.5, 0.6) is 0 Å². The second kappa shape index (κ2) is 7.55. The third-order valence-corrected chi connectivity index (χ3v) is 3.69. The fraction of sp³-hybridized carbons (Fsp3) is 0.500. The zero-order valence-corrected chi connectivity index (χ0v) is 15.0. The lowest BCUT2D eigenvalue weighted by atomic mass is 10.1. The lowest BCUT2D eigenvalue weighted by Gasteiger charge is -2.20. The number of esters is 1. The Kier molecular flexibility index (Phi) is 5.66. The highest BCUT2D eigenvalue weighted by Gasteiger charge is 2.34. The van der Waals surface area contributed by atoms with Crippen LogP contribution in [0.2, 0.25) is 0 Å². The number of benzene rings is 1. The molecule has 0 saturated carbocycles. The number of ether oxygens (including phenoxy) is 2. The van der Waals surface area contributed by atoms with E-state index in [0.717, 1.165) is 5.56 Å². The van der Waals surface area contributed by atoms with E-state index < -0.39 is 17.6 Å². The van der Waals surface area contributed by atoms with Crippen molar-refractivity contribution in [2.24, 2.45) is 5.92 Å². The summed E-state index contributed by atoms with van der Waals surface area (Å²) >= 11 is 0. The Morgan fingerprint density at radius 3 is 2.68 bits per heavy atom. The molecule has 0 aromatic heterocycles. The van der Waals surface area contributed by atoms with E-state index in [1.165, 1.54) is 7.11 Å². The number of carbonyl (C=O) groups excluding carboxylic acids is 3. The van der Waals surface area contributed by atoms with Crippen LogP contribution < -0.4 is 5.32 Å². The van der Waals surface area contributed by atoms with Gasteiger partial charge in [0, 0.05) is 25.2 Å². The van der Waals surface area contributed by atoms with Gasteiger partial charge in [-0.05, 0) is 38.5 Å². The first-order chi connectivity index (χ1) is 11.7. The average Bonchev–Trinajstić information content (AvgIpc) is 2.86. The molecule has 1 saturated heterocycles. The number of amides is 2. The van der Waals surface area contributed by atoms with Crippen LogP contribution in [-0.4, -0.2) is 42.1 Å². The van der Waals surface area contributed by atoms with Gasteiger partial charge in [0.1, 0.15) is 5.60 Å². The Bertz CT molecular complexity index is 666. The molecule has 1 aromatic rings. The molecule has 25 heavy (non-hydrogen) atoms. The molecule has 2 amide bonds. The number of nitrogens with one attached hydrogen (secondary N) is 1. The third-order valence-electron chi connectivity index (χ3n) is 3.69. The van der Waals surface area contributed by atoms with Crippen molar-refractivity contribution in [1.82, 2.24) is 4.90 Å². The molecular weight excluding hydrogens is 324 g/mol. The van der Waals surface area contributed by atoms with E-state index in [4.69, 9.17) is 9.47 Å². The monoisotopic (exact) mass is 348 g/mol. The highest BCUT2D eigenvalue weighted by molar-refractivity contribution is 5.87. The Hall–Kier alpha value is -2.57. The van der Waals surface area contributed by atoms with Gasteiger partial charge >= 0.3 is 12.1 Å². The second-order valence-electron chi connectivity index (χ2n) is 7.03. The van der Waals surface area contributed by atoms with Crippen molar-refractivity contribution >= 4 is 23.7 Å². The molecule has 0 radical (unpaired) electrons. The summed E-state index contributed by atoms with van der Waals surface area (Å²) in [5.41, 5.74) is 0.863. The molecule has 1 aliphatic heterocycles. The van der Waals surface area contributed by atoms with Crippen molar-refractivity contribution < 1.29 is 23.9 Å². The number of hydrogen-bond donors (Lipinski definition) is 1. The molecule has 1 unspecified atom stereocenters. The van der Waals surface area contributed by atoms with Crippen LogP contribution in [-0.2, 0) is 25.6 Å². The molecule has 7 nitrogen and oxygen atoms in total. The molecule has 1 N–H and O–H groups in total. The minimum atomic E-state index is -0.577. The summed E-state index contributed by atoms with van der Waals surface area (Å²) in [6, 6.07) is 7.18. The number of rotatable bonds is 4. The van der Waals surface area contributed by atoms with E-state index in [1.54, 1.807) is 43.9 Å². The van der Waals surface area contributed by atoms with Crippen LogP contribution in [0.4, 0.5) is 10.5 Å². The Balaban J connectivity index is 1.99. The fourth-order valence-corrected chi connectivity index (χ4v) is 2.64. The fourth-order valence-electron chi connectivity index (χ4n) is 2.64. The van der Waals surface area contributed by atoms with Crippen molar-refractivity contribution in [2.45, 2.75) is 39.3 Å². The number of methoxy groups -OCH3 is 1. The van der Waals surface area contributed by atoms with E-state index in [-0.39, 0.29) is 18.3 Å². The van der Waals surface area contributed by atoms with Crippen molar-refractivity contribution in [2.75, 3.05) is 19.0 Å². The largest absolute Gasteiger partial charge is 0.469 e. The lowest BCUT2D eigenvalue weighted by Crippen LogP contribution is -2.27. The quantitative estimate of drug-likeness (QED) is 0.845. The molecule has 0 bridgehead atoms. The molecular formula is C18H24N2O5. The highest BCUT2D eigenvalue weighted by atomic mass is 16.6. The Morgan fingerprint density at radius 2 is 2.04 bits per heavy atom. The summed E-state index contributed by atoms with van der Waals surface area (Å²) in [6.07, 6.45) is -0.365. The van der Waals surface area contributed by atoms with Crippen molar-refractivity contribution in [3.8, 4) is 0 Å². The van der Waals surface area contributed by atoms with Crippen LogP contribution >= 0.6 is 0 Å². The maximum absolute atomic E-state index is 12.1. The van der Waals surface area contributed by atoms with E-state index in [9.17, 15) is 14.4 Å². The normalized spacial score (nSPS) is 17.4. The van der Waals surface area contributed by atoms with Crippen LogP contribution in [0.25, 0.3) is 0 Å². The summed E-state index contributed by atoms with van der Waals surface area (Å²) < 4.78 is 9.92. The maximum Gasteiger partial charge on any atom is 0.412 e. The first kappa shape index (κ1) is 18.8. The van der Waals surface area contributed by atoms with E-state index in [2.05, 4.69) is 5.32 Å². The smallest absolute Gasteiger partial charge is 0.412 e. The number of anilines is 1. The van der Waals surface area contributed by atoms with Gasteiger partial charge < -0.3 is 14.4 Å². The van der Waals surface area contributed by atoms with Crippen LogP contribution in [0.15, 0.2) is 24.3 Å². The molecule has 1 atom stereocenters. The lowest BCUT2D eigenvalue weighted by molar-refractivity contribution is -0.145. The maximum atomic E-state index is 12.1. The van der Waals surface area contributed by atoms with Gasteiger partial charge in [0.25, 0.3) is 0 Å². The second-order valence-corrected chi connectivity index (χ2v) is 7.03. The van der Waals surface area contributed by atoms with Crippen molar-refractivity contribution in [1.29, 1.82) is 0 Å². The van der Waals surface area contributed by atoms with Gasteiger partial charge in [-0.15, -0.1) is 0 Å². The van der Waals surface area contributed by atoms with Crippen LogP contribution in [0, 0.1) is 5.92 Å². The number of nitrogens with zero attached hydrogens (tertiary/aromatic N) is 1. The third kappa shape index (κ3) is 5.48. The molecule has 1 aromatic carbocycles. The first-order valence-electron chi connectivity index (χ1n) is 8.12. The van der Waals surface area contributed by atoms with Crippen molar-refractivity contribution in [3.05, 3.63) is 29.8 Å². The molecule has 1 heterocycles. The molecule has 1 aliphatic rings. The van der Waals surface area contributed by atoms with Gasteiger partial charge in [-0.3, -0.25) is 14.9 Å². The molecule has 1 fully saturated rings. The Morgan fingerprint density at radius 1 is 1.32 bits per heavy atom. The summed E-state index contributed by atoms with van der Waals surface area (Å²) in [6.45, 7) is 6.09. The molecule has 136 valence electrons. The summed E-state index contributed by atoms with van der Waals surface area (Å²) in [7, 11) is 1.32. The predicted octanol–water partition coefficient (Wildman–Crippen LogP) is 2.56.